The monoisotopic (exact) mass is 241 g/mol. The average molecular weight is 241 g/mol. The predicted molar refractivity (Wildman–Crippen MR) is 71.1 cm³/mol. The first-order valence-electron chi connectivity index (χ1n) is 6.87. The van der Waals surface area contributed by atoms with E-state index in [4.69, 9.17) is 0 Å². The zero-order chi connectivity index (χ0) is 12.7. The maximum atomic E-state index is 11.9. The normalized spacial score (nSPS) is 20.8. The standard InChI is InChI=1S/C13H27N3O/c1-4-14-9-8-13(17)15(3)11-12-7-6-10-16(12)5-2/h12,14H,4-11H2,1-3H3. The van der Waals surface area contributed by atoms with E-state index < -0.39 is 0 Å². The average Bonchev–Trinajstić information content (AvgIpc) is 2.76. The maximum Gasteiger partial charge on any atom is 0.223 e. The number of likely N-dealkylation sites (tertiary alicyclic amines) is 1. The van der Waals surface area contributed by atoms with Gasteiger partial charge in [-0.2, -0.15) is 0 Å². The summed E-state index contributed by atoms with van der Waals surface area (Å²) < 4.78 is 0. The van der Waals surface area contributed by atoms with Crippen LogP contribution >= 0.6 is 0 Å². The highest BCUT2D eigenvalue weighted by atomic mass is 16.2. The highest BCUT2D eigenvalue weighted by Gasteiger charge is 2.25. The van der Waals surface area contributed by atoms with Crippen LogP contribution in [0.5, 0.6) is 0 Å². The molecule has 4 nitrogen and oxygen atoms in total. The third kappa shape index (κ3) is 4.64. The number of carbonyl (C=O) groups is 1. The van der Waals surface area contributed by atoms with Gasteiger partial charge in [-0.1, -0.05) is 13.8 Å². The van der Waals surface area contributed by atoms with E-state index in [9.17, 15) is 4.79 Å². The fourth-order valence-corrected chi connectivity index (χ4v) is 2.50. The van der Waals surface area contributed by atoms with Gasteiger partial charge in [0.2, 0.25) is 5.91 Å². The molecular weight excluding hydrogens is 214 g/mol. The Morgan fingerprint density at radius 3 is 2.88 bits per heavy atom. The molecule has 0 spiro atoms. The van der Waals surface area contributed by atoms with Crippen LogP contribution in [0.25, 0.3) is 0 Å². The molecule has 0 aliphatic carbocycles. The van der Waals surface area contributed by atoms with Crippen molar-refractivity contribution in [2.45, 2.75) is 39.2 Å². The Morgan fingerprint density at radius 2 is 2.24 bits per heavy atom. The van der Waals surface area contributed by atoms with Crippen molar-refractivity contribution in [1.82, 2.24) is 15.1 Å². The molecule has 0 aromatic carbocycles. The van der Waals surface area contributed by atoms with Crippen molar-refractivity contribution in [3.05, 3.63) is 0 Å². The summed E-state index contributed by atoms with van der Waals surface area (Å²) in [6, 6.07) is 0.577. The number of rotatable bonds is 7. The van der Waals surface area contributed by atoms with Crippen LogP contribution in [-0.4, -0.2) is 61.5 Å². The third-order valence-electron chi connectivity index (χ3n) is 3.58. The molecule has 1 aliphatic rings. The number of hydrogen-bond acceptors (Lipinski definition) is 3. The first-order chi connectivity index (χ1) is 8.19. The smallest absolute Gasteiger partial charge is 0.223 e. The molecule has 1 atom stereocenters. The summed E-state index contributed by atoms with van der Waals surface area (Å²) in [5, 5.41) is 3.19. The molecule has 4 heteroatoms. The fraction of sp³-hybridized carbons (Fsp3) is 0.923. The van der Waals surface area contributed by atoms with Crippen LogP contribution < -0.4 is 5.32 Å². The summed E-state index contributed by atoms with van der Waals surface area (Å²) in [7, 11) is 1.93. The van der Waals surface area contributed by atoms with Crippen molar-refractivity contribution >= 4 is 5.91 Å². The van der Waals surface area contributed by atoms with Crippen molar-refractivity contribution in [3.63, 3.8) is 0 Å². The summed E-state index contributed by atoms with van der Waals surface area (Å²) in [5.74, 6) is 0.258. The van der Waals surface area contributed by atoms with Crippen molar-refractivity contribution in [1.29, 1.82) is 0 Å². The largest absolute Gasteiger partial charge is 0.344 e. The molecule has 0 aromatic rings. The lowest BCUT2D eigenvalue weighted by molar-refractivity contribution is -0.130. The zero-order valence-electron chi connectivity index (χ0n) is 11.5. The topological polar surface area (TPSA) is 35.6 Å². The molecule has 17 heavy (non-hydrogen) atoms. The molecule has 0 saturated carbocycles. The number of nitrogens with one attached hydrogen (secondary N) is 1. The lowest BCUT2D eigenvalue weighted by Gasteiger charge is -2.27. The van der Waals surface area contributed by atoms with Crippen LogP contribution in [0, 0.1) is 0 Å². The minimum Gasteiger partial charge on any atom is -0.344 e. The van der Waals surface area contributed by atoms with E-state index in [1.807, 2.05) is 11.9 Å². The summed E-state index contributed by atoms with van der Waals surface area (Å²) in [4.78, 5) is 16.2. The fourth-order valence-electron chi connectivity index (χ4n) is 2.50. The predicted octanol–water partition coefficient (Wildman–Crippen LogP) is 0.929. The van der Waals surface area contributed by atoms with E-state index >= 15 is 0 Å². The molecule has 0 bridgehead atoms. The first kappa shape index (κ1) is 14.5. The van der Waals surface area contributed by atoms with E-state index in [0.29, 0.717) is 12.5 Å². The van der Waals surface area contributed by atoms with Gasteiger partial charge in [0.25, 0.3) is 0 Å². The minimum atomic E-state index is 0.258. The number of carbonyl (C=O) groups excluding carboxylic acids is 1. The Kier molecular flexibility index (Phi) is 6.52. The van der Waals surface area contributed by atoms with E-state index in [1.165, 1.54) is 19.4 Å². The van der Waals surface area contributed by atoms with Gasteiger partial charge in [0, 0.05) is 32.6 Å². The van der Waals surface area contributed by atoms with Gasteiger partial charge in [0.15, 0.2) is 0 Å². The van der Waals surface area contributed by atoms with Gasteiger partial charge in [0.05, 0.1) is 0 Å². The van der Waals surface area contributed by atoms with Crippen LogP contribution in [-0.2, 0) is 4.79 Å². The van der Waals surface area contributed by atoms with E-state index in [1.54, 1.807) is 0 Å². The van der Waals surface area contributed by atoms with Gasteiger partial charge in [0.1, 0.15) is 0 Å². The highest BCUT2D eigenvalue weighted by Crippen LogP contribution is 2.17. The Bertz CT molecular complexity index is 233. The first-order valence-corrected chi connectivity index (χ1v) is 6.87. The Morgan fingerprint density at radius 1 is 1.47 bits per heavy atom. The number of likely N-dealkylation sites (N-methyl/N-ethyl adjacent to an activating group) is 2. The molecule has 1 unspecified atom stereocenters. The summed E-state index contributed by atoms with van der Waals surface area (Å²) >= 11 is 0. The van der Waals surface area contributed by atoms with Gasteiger partial charge >= 0.3 is 0 Å². The Hall–Kier alpha value is -0.610. The van der Waals surface area contributed by atoms with Crippen LogP contribution in [0.3, 0.4) is 0 Å². The van der Waals surface area contributed by atoms with Gasteiger partial charge in [-0.25, -0.2) is 0 Å². The molecule has 1 N–H and O–H groups in total. The van der Waals surface area contributed by atoms with Gasteiger partial charge < -0.3 is 10.2 Å². The molecule has 100 valence electrons. The lowest BCUT2D eigenvalue weighted by atomic mass is 10.2. The van der Waals surface area contributed by atoms with E-state index in [-0.39, 0.29) is 5.91 Å². The van der Waals surface area contributed by atoms with Crippen LogP contribution in [0.4, 0.5) is 0 Å². The number of hydrogen-bond donors (Lipinski definition) is 1. The summed E-state index contributed by atoms with van der Waals surface area (Å²) in [5.41, 5.74) is 0. The van der Waals surface area contributed by atoms with Crippen molar-refractivity contribution in [2.24, 2.45) is 0 Å². The molecule has 1 saturated heterocycles. The van der Waals surface area contributed by atoms with Crippen molar-refractivity contribution < 1.29 is 4.79 Å². The number of nitrogens with zero attached hydrogens (tertiary/aromatic N) is 2. The molecule has 1 aliphatic heterocycles. The molecular formula is C13H27N3O. The second-order valence-corrected chi connectivity index (χ2v) is 4.80. The lowest BCUT2D eigenvalue weighted by Crippen LogP contribution is -2.41. The number of amides is 1. The second kappa shape index (κ2) is 7.67. The van der Waals surface area contributed by atoms with Crippen LogP contribution in [0.1, 0.15) is 33.1 Å². The van der Waals surface area contributed by atoms with Crippen molar-refractivity contribution in [2.75, 3.05) is 39.8 Å². The molecule has 1 amide bonds. The Balaban J connectivity index is 2.27. The maximum absolute atomic E-state index is 11.9. The minimum absolute atomic E-state index is 0.258. The molecule has 1 fully saturated rings. The second-order valence-electron chi connectivity index (χ2n) is 4.80. The van der Waals surface area contributed by atoms with Gasteiger partial charge in [-0.05, 0) is 32.5 Å². The van der Waals surface area contributed by atoms with Crippen molar-refractivity contribution in [3.8, 4) is 0 Å². The summed E-state index contributed by atoms with van der Waals surface area (Å²) in [6.45, 7) is 9.17. The van der Waals surface area contributed by atoms with Crippen LogP contribution in [0.15, 0.2) is 0 Å². The molecule has 0 aromatic heterocycles. The van der Waals surface area contributed by atoms with Gasteiger partial charge in [-0.15, -0.1) is 0 Å². The molecule has 0 radical (unpaired) electrons. The van der Waals surface area contributed by atoms with E-state index in [0.717, 1.165) is 26.2 Å². The SMILES string of the molecule is CCNCCC(=O)N(C)CC1CCCN1CC. The highest BCUT2D eigenvalue weighted by molar-refractivity contribution is 5.76. The third-order valence-corrected chi connectivity index (χ3v) is 3.58. The quantitative estimate of drug-likeness (QED) is 0.674. The van der Waals surface area contributed by atoms with Crippen LogP contribution in [0.2, 0.25) is 0 Å². The summed E-state index contributed by atoms with van der Waals surface area (Å²) in [6.07, 6.45) is 3.12. The molecule has 1 rings (SSSR count). The van der Waals surface area contributed by atoms with E-state index in [2.05, 4.69) is 24.1 Å². The van der Waals surface area contributed by atoms with Gasteiger partial charge in [-0.3, -0.25) is 9.69 Å². The molecule has 1 heterocycles. The Labute approximate surface area is 105 Å². The zero-order valence-corrected chi connectivity index (χ0v) is 11.5.